The van der Waals surface area contributed by atoms with E-state index in [1.165, 1.54) is 30.1 Å². The molecule has 25 heavy (non-hydrogen) atoms. The molecule has 0 aromatic carbocycles. The molecule has 1 heterocycles. The highest BCUT2D eigenvalue weighted by atomic mass is 32.2. The van der Waals surface area contributed by atoms with Crippen molar-refractivity contribution in [1.29, 1.82) is 0 Å². The lowest BCUT2D eigenvalue weighted by Crippen LogP contribution is -2.51. The van der Waals surface area contributed by atoms with Crippen molar-refractivity contribution >= 4 is 37.7 Å². The van der Waals surface area contributed by atoms with Crippen LogP contribution in [0.4, 0.5) is 0 Å². The largest absolute Gasteiger partial charge is 0.413 e. The minimum Gasteiger partial charge on any atom is -0.413 e. The Hall–Kier alpha value is 0.307. The average molecular weight is 408 g/mol. The topological polar surface area (TPSA) is 38.8 Å². The van der Waals surface area contributed by atoms with Gasteiger partial charge in [0.05, 0.1) is 23.7 Å². The zero-order chi connectivity index (χ0) is 19.4. The second-order valence-corrected chi connectivity index (χ2v) is 16.0. The molecule has 0 unspecified atom stereocenters. The quantitative estimate of drug-likeness (QED) is 0.445. The minimum atomic E-state index is -1.98. The van der Waals surface area contributed by atoms with Crippen molar-refractivity contribution in [3.8, 4) is 0 Å². The summed E-state index contributed by atoms with van der Waals surface area (Å²) < 4.78 is 7.30. The van der Waals surface area contributed by atoms with Gasteiger partial charge in [0.2, 0.25) is 0 Å². The fourth-order valence-electron chi connectivity index (χ4n) is 2.66. The van der Waals surface area contributed by atoms with Gasteiger partial charge in [-0.1, -0.05) is 34.6 Å². The van der Waals surface area contributed by atoms with E-state index in [0.717, 1.165) is 0 Å². The molecule has 1 aliphatic rings. The molecule has 0 radical (unpaired) electrons. The van der Waals surface area contributed by atoms with Gasteiger partial charge in [0, 0.05) is 13.0 Å². The SMILES string of the molecule is CON(C)C(=O)[C@H](C)[C@@H](O[Si](C)(C)C(C)(C)C)[C@@H](C)C1SCCCS1. The Morgan fingerprint density at radius 1 is 1.20 bits per heavy atom. The first-order chi connectivity index (χ1) is 11.4. The summed E-state index contributed by atoms with van der Waals surface area (Å²) >= 11 is 4.04. The highest BCUT2D eigenvalue weighted by molar-refractivity contribution is 8.17. The van der Waals surface area contributed by atoms with E-state index in [0.29, 0.717) is 10.5 Å². The molecule has 3 atom stereocenters. The summed E-state index contributed by atoms with van der Waals surface area (Å²) in [6, 6.07) is 0. The standard InChI is InChI=1S/C18H37NO3S2Si/c1-13(16(20)19(6)21-7)15(22-25(8,9)18(3,4)5)14(2)17-23-11-10-12-24-17/h13-15,17H,10-12H2,1-9H3/t13-,14-,15-/m1/s1. The number of nitrogens with zero attached hydrogens (tertiary/aromatic N) is 1. The van der Waals surface area contributed by atoms with Crippen molar-refractivity contribution in [3.05, 3.63) is 0 Å². The zero-order valence-electron chi connectivity index (χ0n) is 17.4. The van der Waals surface area contributed by atoms with Gasteiger partial charge in [0.25, 0.3) is 5.91 Å². The molecular formula is C18H37NO3S2Si. The van der Waals surface area contributed by atoms with E-state index >= 15 is 0 Å². The molecule has 0 aliphatic carbocycles. The second-order valence-electron chi connectivity index (χ2n) is 8.47. The summed E-state index contributed by atoms with van der Waals surface area (Å²) in [7, 11) is 1.23. The molecule has 0 N–H and O–H groups in total. The molecule has 1 amide bonds. The van der Waals surface area contributed by atoms with Crippen LogP contribution in [0.2, 0.25) is 18.1 Å². The minimum absolute atomic E-state index is 0.0103. The van der Waals surface area contributed by atoms with Gasteiger partial charge in [-0.3, -0.25) is 9.63 Å². The Kier molecular flexibility index (Phi) is 8.86. The predicted octanol–water partition coefficient (Wildman–Crippen LogP) is 4.87. The van der Waals surface area contributed by atoms with Crippen LogP contribution in [-0.4, -0.2) is 55.6 Å². The van der Waals surface area contributed by atoms with E-state index in [2.05, 4.69) is 40.8 Å². The maximum absolute atomic E-state index is 12.8. The van der Waals surface area contributed by atoms with Crippen LogP contribution in [0, 0.1) is 11.8 Å². The van der Waals surface area contributed by atoms with Gasteiger partial charge in [-0.15, -0.1) is 23.5 Å². The molecule has 0 aromatic rings. The summed E-state index contributed by atoms with van der Waals surface area (Å²) in [5, 5.41) is 1.45. The van der Waals surface area contributed by atoms with Crippen LogP contribution >= 0.6 is 23.5 Å². The van der Waals surface area contributed by atoms with Crippen molar-refractivity contribution in [1.82, 2.24) is 5.06 Å². The number of hydrogen-bond donors (Lipinski definition) is 0. The molecule has 0 aromatic heterocycles. The van der Waals surface area contributed by atoms with Crippen molar-refractivity contribution in [2.45, 2.75) is 69.9 Å². The fourth-order valence-corrected chi connectivity index (χ4v) is 7.26. The summed E-state index contributed by atoms with van der Waals surface area (Å²) in [6.45, 7) is 15.5. The molecular weight excluding hydrogens is 370 g/mol. The van der Waals surface area contributed by atoms with Crippen LogP contribution in [0.3, 0.4) is 0 Å². The fraction of sp³-hybridized carbons (Fsp3) is 0.944. The number of amides is 1. The van der Waals surface area contributed by atoms with Crippen LogP contribution in [0.25, 0.3) is 0 Å². The first-order valence-electron chi connectivity index (χ1n) is 9.15. The molecule has 7 heteroatoms. The number of hydrogen-bond acceptors (Lipinski definition) is 5. The molecule has 1 fully saturated rings. The number of thioether (sulfide) groups is 2. The van der Waals surface area contributed by atoms with Crippen LogP contribution in [-0.2, 0) is 14.1 Å². The number of rotatable bonds is 7. The Labute approximate surface area is 164 Å². The summed E-state index contributed by atoms with van der Waals surface area (Å²) in [5.74, 6) is 2.49. The lowest BCUT2D eigenvalue weighted by molar-refractivity contribution is -0.176. The maximum Gasteiger partial charge on any atom is 0.251 e. The third-order valence-electron chi connectivity index (χ3n) is 5.50. The highest BCUT2D eigenvalue weighted by Gasteiger charge is 2.44. The van der Waals surface area contributed by atoms with E-state index in [-0.39, 0.29) is 23.0 Å². The van der Waals surface area contributed by atoms with E-state index in [9.17, 15) is 4.79 Å². The Morgan fingerprint density at radius 3 is 2.16 bits per heavy atom. The lowest BCUT2D eigenvalue weighted by atomic mass is 9.94. The van der Waals surface area contributed by atoms with Gasteiger partial charge in [-0.05, 0) is 36.1 Å². The maximum atomic E-state index is 12.8. The van der Waals surface area contributed by atoms with Gasteiger partial charge in [0.15, 0.2) is 8.32 Å². The van der Waals surface area contributed by atoms with Gasteiger partial charge in [0.1, 0.15) is 0 Å². The van der Waals surface area contributed by atoms with E-state index in [1.807, 2.05) is 30.4 Å². The molecule has 1 saturated heterocycles. The van der Waals surface area contributed by atoms with Crippen LogP contribution in [0.5, 0.6) is 0 Å². The first kappa shape index (κ1) is 23.3. The lowest BCUT2D eigenvalue weighted by Gasteiger charge is -2.44. The Balaban J connectivity index is 3.06. The number of carbonyl (C=O) groups is 1. The van der Waals surface area contributed by atoms with Gasteiger partial charge >= 0.3 is 0 Å². The first-order valence-corrected chi connectivity index (χ1v) is 14.2. The van der Waals surface area contributed by atoms with Crippen molar-refractivity contribution in [3.63, 3.8) is 0 Å². The molecule has 4 nitrogen and oxygen atoms in total. The summed E-state index contributed by atoms with van der Waals surface area (Å²) in [4.78, 5) is 17.9. The van der Waals surface area contributed by atoms with E-state index < -0.39 is 8.32 Å². The molecule has 0 spiro atoms. The second kappa shape index (κ2) is 9.49. The van der Waals surface area contributed by atoms with Gasteiger partial charge in [-0.2, -0.15) is 0 Å². The molecule has 1 aliphatic heterocycles. The van der Waals surface area contributed by atoms with Crippen LogP contribution < -0.4 is 0 Å². The summed E-state index contributed by atoms with van der Waals surface area (Å²) in [6.07, 6.45) is 1.18. The smallest absolute Gasteiger partial charge is 0.251 e. The molecule has 148 valence electrons. The summed E-state index contributed by atoms with van der Waals surface area (Å²) in [5.41, 5.74) is 0. The normalized spacial score (nSPS) is 20.8. The highest BCUT2D eigenvalue weighted by Crippen LogP contribution is 2.43. The Morgan fingerprint density at radius 2 is 1.72 bits per heavy atom. The number of hydroxylamine groups is 2. The van der Waals surface area contributed by atoms with Crippen LogP contribution in [0.1, 0.15) is 41.0 Å². The molecule has 0 bridgehead atoms. The third-order valence-corrected chi connectivity index (χ3v) is 13.4. The van der Waals surface area contributed by atoms with Crippen molar-refractivity contribution < 1.29 is 14.1 Å². The molecule has 1 rings (SSSR count). The molecule has 0 saturated carbocycles. The van der Waals surface area contributed by atoms with Crippen molar-refractivity contribution in [2.75, 3.05) is 25.7 Å². The predicted molar refractivity (Wildman–Crippen MR) is 113 cm³/mol. The van der Waals surface area contributed by atoms with Gasteiger partial charge in [-0.25, -0.2) is 5.06 Å². The van der Waals surface area contributed by atoms with Crippen LogP contribution in [0.15, 0.2) is 0 Å². The monoisotopic (exact) mass is 407 g/mol. The van der Waals surface area contributed by atoms with E-state index in [1.54, 1.807) is 7.05 Å². The van der Waals surface area contributed by atoms with E-state index in [4.69, 9.17) is 9.26 Å². The average Bonchev–Trinajstić information content (AvgIpc) is 2.56. The zero-order valence-corrected chi connectivity index (χ0v) is 20.1. The Bertz CT molecular complexity index is 437. The van der Waals surface area contributed by atoms with Crippen molar-refractivity contribution in [2.24, 2.45) is 11.8 Å². The number of carbonyl (C=O) groups excluding carboxylic acids is 1. The van der Waals surface area contributed by atoms with Gasteiger partial charge < -0.3 is 4.43 Å². The third kappa shape index (κ3) is 6.16.